The molecule has 1 saturated heterocycles. The lowest BCUT2D eigenvalue weighted by Crippen LogP contribution is -2.41. The van der Waals surface area contributed by atoms with Gasteiger partial charge in [-0.05, 0) is 59.7 Å². The molecule has 0 aromatic heterocycles. The van der Waals surface area contributed by atoms with E-state index in [2.05, 4.69) is 5.32 Å². The molecule has 0 bridgehead atoms. The summed E-state index contributed by atoms with van der Waals surface area (Å²) in [5.74, 6) is 0.706. The fraction of sp³-hybridized carbons (Fsp3) is 0.231. The summed E-state index contributed by atoms with van der Waals surface area (Å²) in [5, 5.41) is 3.32. The monoisotopic (exact) mass is 448 g/mol. The highest BCUT2D eigenvalue weighted by molar-refractivity contribution is 6.30. The van der Waals surface area contributed by atoms with E-state index >= 15 is 0 Å². The Morgan fingerprint density at radius 1 is 0.906 bits per heavy atom. The molecule has 0 aliphatic carbocycles. The number of ether oxygens (including phenoxy) is 1. The summed E-state index contributed by atoms with van der Waals surface area (Å²) in [7, 11) is 1.61. The van der Waals surface area contributed by atoms with Crippen LogP contribution < -0.4 is 10.1 Å². The second kappa shape index (κ2) is 9.88. The van der Waals surface area contributed by atoms with Gasteiger partial charge in [0.15, 0.2) is 0 Å². The number of hydrogen-bond donors (Lipinski definition) is 1. The molecule has 1 aliphatic heterocycles. The summed E-state index contributed by atoms with van der Waals surface area (Å²) < 4.78 is 6.02. The van der Waals surface area contributed by atoms with E-state index in [1.807, 2.05) is 71.6 Å². The predicted octanol–water partition coefficient (Wildman–Crippen LogP) is 5.05. The van der Waals surface area contributed by atoms with Gasteiger partial charge < -0.3 is 15.0 Å². The predicted molar refractivity (Wildman–Crippen MR) is 126 cm³/mol. The zero-order valence-corrected chi connectivity index (χ0v) is 18.6. The van der Waals surface area contributed by atoms with Crippen LogP contribution in [0.4, 0.5) is 0 Å². The average molecular weight is 449 g/mol. The van der Waals surface area contributed by atoms with Crippen molar-refractivity contribution in [2.24, 2.45) is 0 Å². The molecular weight excluding hydrogens is 424 g/mol. The summed E-state index contributed by atoms with van der Waals surface area (Å²) in [6.07, 6.45) is 1.67. The van der Waals surface area contributed by atoms with Crippen LogP contribution in [0.5, 0.6) is 5.75 Å². The van der Waals surface area contributed by atoms with Gasteiger partial charge in [-0.15, -0.1) is 0 Å². The minimum absolute atomic E-state index is 0.0283. The summed E-state index contributed by atoms with van der Waals surface area (Å²) in [4.78, 5) is 26.7. The summed E-state index contributed by atoms with van der Waals surface area (Å²) in [5.41, 5.74) is 3.16. The molecule has 1 aliphatic rings. The molecule has 32 heavy (non-hydrogen) atoms. The van der Waals surface area contributed by atoms with Gasteiger partial charge in [-0.1, -0.05) is 35.9 Å². The molecule has 1 fully saturated rings. The Kier molecular flexibility index (Phi) is 6.76. The molecule has 164 valence electrons. The SMILES string of the molecule is CNC(=O)c1cccc(-c2ccc(C(=O)N3CCC(Oc4ccc(Cl)cc4)CC3)cc2)c1. The van der Waals surface area contributed by atoms with E-state index in [1.54, 1.807) is 13.1 Å². The van der Waals surface area contributed by atoms with Crippen molar-refractivity contribution in [1.29, 1.82) is 0 Å². The van der Waals surface area contributed by atoms with Gasteiger partial charge in [0.1, 0.15) is 11.9 Å². The van der Waals surface area contributed by atoms with Crippen molar-refractivity contribution in [1.82, 2.24) is 10.2 Å². The maximum atomic E-state index is 12.9. The van der Waals surface area contributed by atoms with Crippen LogP contribution in [0.25, 0.3) is 11.1 Å². The number of piperidine rings is 1. The highest BCUT2D eigenvalue weighted by atomic mass is 35.5. The van der Waals surface area contributed by atoms with Gasteiger partial charge in [-0.3, -0.25) is 9.59 Å². The van der Waals surface area contributed by atoms with Gasteiger partial charge in [0.05, 0.1) is 0 Å². The highest BCUT2D eigenvalue weighted by Gasteiger charge is 2.24. The van der Waals surface area contributed by atoms with Gasteiger partial charge in [0, 0.05) is 49.1 Å². The van der Waals surface area contributed by atoms with Crippen LogP contribution in [0.2, 0.25) is 5.02 Å². The standard InChI is InChI=1S/C26H25ClN2O3/c1-28-25(30)21-4-2-3-20(17-21)18-5-7-19(8-6-18)26(31)29-15-13-24(14-16-29)32-23-11-9-22(27)10-12-23/h2-12,17,24H,13-16H2,1H3,(H,28,30). The number of carbonyl (C=O) groups excluding carboxylic acids is 2. The first-order valence-corrected chi connectivity index (χ1v) is 11.1. The maximum Gasteiger partial charge on any atom is 0.253 e. The molecule has 0 unspecified atom stereocenters. The van der Waals surface area contributed by atoms with Crippen LogP contribution >= 0.6 is 11.6 Å². The van der Waals surface area contributed by atoms with Crippen molar-refractivity contribution < 1.29 is 14.3 Å². The second-order valence-electron chi connectivity index (χ2n) is 7.80. The van der Waals surface area contributed by atoms with Crippen molar-refractivity contribution >= 4 is 23.4 Å². The molecular formula is C26H25ClN2O3. The molecule has 0 spiro atoms. The third-order valence-corrected chi connectivity index (χ3v) is 5.91. The molecule has 5 nitrogen and oxygen atoms in total. The molecule has 6 heteroatoms. The smallest absolute Gasteiger partial charge is 0.253 e. The zero-order chi connectivity index (χ0) is 22.5. The number of rotatable bonds is 5. The zero-order valence-electron chi connectivity index (χ0n) is 17.9. The lowest BCUT2D eigenvalue weighted by molar-refractivity contribution is 0.0595. The largest absolute Gasteiger partial charge is 0.490 e. The number of nitrogens with zero attached hydrogens (tertiary/aromatic N) is 1. The fourth-order valence-corrected chi connectivity index (χ4v) is 3.98. The molecule has 1 heterocycles. The summed E-state index contributed by atoms with van der Waals surface area (Å²) in [6, 6.07) is 22.3. The van der Waals surface area contributed by atoms with E-state index in [1.165, 1.54) is 0 Å². The highest BCUT2D eigenvalue weighted by Crippen LogP contribution is 2.24. The Balaban J connectivity index is 1.36. The van der Waals surface area contributed by atoms with Crippen molar-refractivity contribution in [3.05, 3.63) is 88.9 Å². The molecule has 2 amide bonds. The van der Waals surface area contributed by atoms with Gasteiger partial charge in [0.25, 0.3) is 11.8 Å². The lowest BCUT2D eigenvalue weighted by Gasteiger charge is -2.32. The Hall–Kier alpha value is -3.31. The number of nitrogens with one attached hydrogen (secondary N) is 1. The molecule has 1 N–H and O–H groups in total. The van der Waals surface area contributed by atoms with E-state index < -0.39 is 0 Å². The first kappa shape index (κ1) is 21.9. The Bertz CT molecular complexity index is 1090. The first-order valence-electron chi connectivity index (χ1n) is 10.7. The number of amides is 2. The minimum Gasteiger partial charge on any atom is -0.490 e. The van der Waals surface area contributed by atoms with Gasteiger partial charge >= 0.3 is 0 Å². The van der Waals surface area contributed by atoms with Crippen LogP contribution in [0, 0.1) is 0 Å². The number of hydrogen-bond acceptors (Lipinski definition) is 3. The maximum absolute atomic E-state index is 12.9. The molecule has 0 saturated carbocycles. The van der Waals surface area contributed by atoms with E-state index in [4.69, 9.17) is 16.3 Å². The topological polar surface area (TPSA) is 58.6 Å². The quantitative estimate of drug-likeness (QED) is 0.594. The van der Waals surface area contributed by atoms with Gasteiger partial charge in [-0.2, -0.15) is 0 Å². The van der Waals surface area contributed by atoms with E-state index in [0.717, 1.165) is 29.7 Å². The first-order chi connectivity index (χ1) is 15.5. The minimum atomic E-state index is -0.123. The van der Waals surface area contributed by atoms with Crippen molar-refractivity contribution in [2.75, 3.05) is 20.1 Å². The second-order valence-corrected chi connectivity index (χ2v) is 8.24. The average Bonchev–Trinajstić information content (AvgIpc) is 2.85. The number of likely N-dealkylation sites (tertiary alicyclic amines) is 1. The Morgan fingerprint density at radius 2 is 1.59 bits per heavy atom. The van der Waals surface area contributed by atoms with Crippen LogP contribution in [-0.4, -0.2) is 43.0 Å². The molecule has 3 aromatic carbocycles. The van der Waals surface area contributed by atoms with E-state index in [-0.39, 0.29) is 17.9 Å². The number of carbonyl (C=O) groups is 2. The van der Waals surface area contributed by atoms with Crippen LogP contribution in [0.1, 0.15) is 33.6 Å². The number of benzene rings is 3. The third kappa shape index (κ3) is 5.11. The summed E-state index contributed by atoms with van der Waals surface area (Å²) in [6.45, 7) is 1.32. The van der Waals surface area contributed by atoms with E-state index in [0.29, 0.717) is 29.2 Å². The molecule has 4 rings (SSSR count). The van der Waals surface area contributed by atoms with Crippen LogP contribution in [0.15, 0.2) is 72.8 Å². The third-order valence-electron chi connectivity index (χ3n) is 5.66. The van der Waals surface area contributed by atoms with Gasteiger partial charge in [-0.25, -0.2) is 0 Å². The van der Waals surface area contributed by atoms with E-state index in [9.17, 15) is 9.59 Å². The Labute approximate surface area is 193 Å². The molecule has 0 atom stereocenters. The lowest BCUT2D eigenvalue weighted by atomic mass is 10.0. The fourth-order valence-electron chi connectivity index (χ4n) is 3.85. The normalized spacial score (nSPS) is 14.1. The summed E-state index contributed by atoms with van der Waals surface area (Å²) >= 11 is 5.92. The van der Waals surface area contributed by atoms with Crippen molar-refractivity contribution in [3.63, 3.8) is 0 Å². The Morgan fingerprint density at radius 3 is 2.25 bits per heavy atom. The van der Waals surface area contributed by atoms with Crippen molar-refractivity contribution in [2.45, 2.75) is 18.9 Å². The number of halogens is 1. The van der Waals surface area contributed by atoms with Crippen molar-refractivity contribution in [3.8, 4) is 16.9 Å². The molecule has 0 radical (unpaired) electrons. The molecule has 3 aromatic rings. The van der Waals surface area contributed by atoms with Crippen LogP contribution in [0.3, 0.4) is 0 Å². The van der Waals surface area contributed by atoms with Crippen LogP contribution in [-0.2, 0) is 0 Å². The van der Waals surface area contributed by atoms with Gasteiger partial charge in [0.2, 0.25) is 0 Å².